The minimum Gasteiger partial charge on any atom is -0.453 e. The molecule has 64 valence electrons. The first-order valence-corrected chi connectivity index (χ1v) is 3.84. The van der Waals surface area contributed by atoms with Gasteiger partial charge in [-0.25, -0.2) is 4.79 Å². The van der Waals surface area contributed by atoms with Crippen molar-refractivity contribution in [2.75, 3.05) is 7.11 Å². The van der Waals surface area contributed by atoms with E-state index in [9.17, 15) is 4.79 Å². The van der Waals surface area contributed by atoms with Crippen molar-refractivity contribution in [2.24, 2.45) is 5.73 Å². The normalized spacial score (nSPS) is 30.0. The lowest BCUT2D eigenvalue weighted by molar-refractivity contribution is 0.165. The van der Waals surface area contributed by atoms with Crippen LogP contribution in [0.3, 0.4) is 0 Å². The Labute approximate surface area is 66.1 Å². The molecule has 0 aromatic heterocycles. The number of hydrogen-bond donors (Lipinski definition) is 2. The van der Waals surface area contributed by atoms with Gasteiger partial charge in [-0.3, -0.25) is 0 Å². The zero-order valence-corrected chi connectivity index (χ0v) is 6.67. The van der Waals surface area contributed by atoms with Crippen molar-refractivity contribution >= 4 is 6.09 Å². The molecule has 0 saturated heterocycles. The Morgan fingerprint density at radius 1 is 1.64 bits per heavy atom. The van der Waals surface area contributed by atoms with E-state index < -0.39 is 0 Å². The van der Waals surface area contributed by atoms with Gasteiger partial charge in [0.05, 0.1) is 7.11 Å². The molecule has 1 aliphatic carbocycles. The molecule has 3 N–H and O–H groups in total. The van der Waals surface area contributed by atoms with Crippen molar-refractivity contribution in [2.45, 2.75) is 31.3 Å². The molecular weight excluding hydrogens is 144 g/mol. The molecule has 1 rings (SSSR count). The van der Waals surface area contributed by atoms with Gasteiger partial charge in [0.1, 0.15) is 0 Å². The predicted molar refractivity (Wildman–Crippen MR) is 41.2 cm³/mol. The Morgan fingerprint density at radius 3 is 2.82 bits per heavy atom. The first-order valence-electron chi connectivity index (χ1n) is 3.84. The van der Waals surface area contributed by atoms with E-state index in [0.29, 0.717) is 0 Å². The van der Waals surface area contributed by atoms with Gasteiger partial charge >= 0.3 is 6.09 Å². The van der Waals surface area contributed by atoms with Crippen LogP contribution in [0.15, 0.2) is 0 Å². The number of alkyl carbamates (subject to hydrolysis) is 1. The molecule has 0 heterocycles. The first kappa shape index (κ1) is 8.33. The van der Waals surface area contributed by atoms with Crippen molar-refractivity contribution in [3.63, 3.8) is 0 Å². The Balaban J connectivity index is 2.30. The smallest absolute Gasteiger partial charge is 0.407 e. The molecule has 4 nitrogen and oxygen atoms in total. The molecule has 2 atom stereocenters. The molecule has 0 radical (unpaired) electrons. The maximum absolute atomic E-state index is 10.7. The minimum absolute atomic E-state index is 0.106. The number of amides is 1. The van der Waals surface area contributed by atoms with Crippen LogP contribution in [0.2, 0.25) is 0 Å². The quantitative estimate of drug-likeness (QED) is 0.574. The van der Waals surface area contributed by atoms with Crippen molar-refractivity contribution in [1.29, 1.82) is 0 Å². The summed E-state index contributed by atoms with van der Waals surface area (Å²) in [6.07, 6.45) is 2.67. The Morgan fingerprint density at radius 2 is 2.36 bits per heavy atom. The number of nitrogens with one attached hydrogen (secondary N) is 1. The van der Waals surface area contributed by atoms with Crippen molar-refractivity contribution < 1.29 is 9.53 Å². The van der Waals surface area contributed by atoms with Crippen molar-refractivity contribution in [3.8, 4) is 0 Å². The van der Waals surface area contributed by atoms with Gasteiger partial charge < -0.3 is 15.8 Å². The number of hydrogen-bond acceptors (Lipinski definition) is 3. The zero-order valence-electron chi connectivity index (χ0n) is 6.67. The van der Waals surface area contributed by atoms with Crippen LogP contribution in [0.5, 0.6) is 0 Å². The van der Waals surface area contributed by atoms with Gasteiger partial charge in [0, 0.05) is 12.1 Å². The topological polar surface area (TPSA) is 64.3 Å². The largest absolute Gasteiger partial charge is 0.453 e. The fraction of sp³-hybridized carbons (Fsp3) is 0.857. The third-order valence-electron chi connectivity index (χ3n) is 2.06. The summed E-state index contributed by atoms with van der Waals surface area (Å²) in [7, 11) is 1.36. The van der Waals surface area contributed by atoms with Gasteiger partial charge in [-0.2, -0.15) is 0 Å². The summed E-state index contributed by atoms with van der Waals surface area (Å²) in [5, 5.41) is 2.69. The van der Waals surface area contributed by atoms with E-state index in [-0.39, 0.29) is 18.2 Å². The summed E-state index contributed by atoms with van der Waals surface area (Å²) in [5.74, 6) is 0. The van der Waals surface area contributed by atoms with Gasteiger partial charge in [-0.15, -0.1) is 0 Å². The molecule has 0 aliphatic heterocycles. The zero-order chi connectivity index (χ0) is 8.27. The summed E-state index contributed by atoms with van der Waals surface area (Å²) in [5.41, 5.74) is 5.71. The Bertz CT molecular complexity index is 149. The molecule has 0 spiro atoms. The molecule has 0 unspecified atom stereocenters. The number of nitrogens with two attached hydrogens (primary N) is 1. The molecule has 1 aliphatic rings. The number of ether oxygens (including phenoxy) is 1. The van der Waals surface area contributed by atoms with Crippen LogP contribution in [-0.2, 0) is 4.74 Å². The van der Waals surface area contributed by atoms with E-state index >= 15 is 0 Å². The van der Waals surface area contributed by atoms with E-state index in [0.717, 1.165) is 19.3 Å². The minimum atomic E-state index is -0.382. The summed E-state index contributed by atoms with van der Waals surface area (Å²) in [6, 6.07) is 0.219. The number of rotatable bonds is 1. The Hall–Kier alpha value is -0.770. The van der Waals surface area contributed by atoms with Gasteiger partial charge in [0.2, 0.25) is 0 Å². The highest BCUT2D eigenvalue weighted by Gasteiger charge is 2.25. The lowest BCUT2D eigenvalue weighted by atomic mass is 10.2. The van der Waals surface area contributed by atoms with Crippen LogP contribution in [-0.4, -0.2) is 25.3 Å². The molecule has 1 fully saturated rings. The van der Waals surface area contributed by atoms with Gasteiger partial charge in [-0.05, 0) is 19.3 Å². The highest BCUT2D eigenvalue weighted by molar-refractivity contribution is 5.67. The van der Waals surface area contributed by atoms with E-state index in [1.807, 2.05) is 0 Å². The third-order valence-corrected chi connectivity index (χ3v) is 2.06. The van der Waals surface area contributed by atoms with Crippen LogP contribution in [0.4, 0.5) is 4.79 Å². The van der Waals surface area contributed by atoms with E-state index in [2.05, 4.69) is 10.1 Å². The van der Waals surface area contributed by atoms with Crippen molar-refractivity contribution in [3.05, 3.63) is 0 Å². The molecule has 1 amide bonds. The Kier molecular flexibility index (Phi) is 2.70. The average Bonchev–Trinajstić information content (AvgIpc) is 2.37. The van der Waals surface area contributed by atoms with Crippen LogP contribution >= 0.6 is 0 Å². The van der Waals surface area contributed by atoms with E-state index in [1.54, 1.807) is 0 Å². The second-order valence-electron chi connectivity index (χ2n) is 2.84. The summed E-state index contributed by atoms with van der Waals surface area (Å²) in [6.45, 7) is 0. The first-order chi connectivity index (χ1) is 5.24. The van der Waals surface area contributed by atoms with Crippen LogP contribution in [0, 0.1) is 0 Å². The van der Waals surface area contributed by atoms with Crippen LogP contribution < -0.4 is 11.1 Å². The standard InChI is InChI=1S/C7H14N2O2/c1-11-7(10)9-6-4-2-3-5(6)8/h5-6H,2-4,8H2,1H3,(H,9,10)/t5-,6-/m1/s1. The number of methoxy groups -OCH3 is 1. The number of carbonyl (C=O) groups is 1. The van der Waals surface area contributed by atoms with E-state index in [1.165, 1.54) is 7.11 Å². The second-order valence-corrected chi connectivity index (χ2v) is 2.84. The molecule has 11 heavy (non-hydrogen) atoms. The monoisotopic (exact) mass is 158 g/mol. The van der Waals surface area contributed by atoms with Crippen LogP contribution in [0.25, 0.3) is 0 Å². The predicted octanol–water partition coefficient (Wildman–Crippen LogP) is 0.222. The lowest BCUT2D eigenvalue weighted by Gasteiger charge is -2.15. The fourth-order valence-corrected chi connectivity index (χ4v) is 1.38. The maximum Gasteiger partial charge on any atom is 0.407 e. The average molecular weight is 158 g/mol. The number of carbonyl (C=O) groups excluding carboxylic acids is 1. The molecule has 1 saturated carbocycles. The molecule has 0 bridgehead atoms. The highest BCUT2D eigenvalue weighted by atomic mass is 16.5. The lowest BCUT2D eigenvalue weighted by Crippen LogP contribution is -2.43. The van der Waals surface area contributed by atoms with Gasteiger partial charge in [-0.1, -0.05) is 0 Å². The SMILES string of the molecule is COC(=O)N[C@@H]1CCC[C@H]1N. The fourth-order valence-electron chi connectivity index (χ4n) is 1.38. The summed E-state index contributed by atoms with van der Waals surface area (Å²) >= 11 is 0. The molecular formula is C7H14N2O2. The maximum atomic E-state index is 10.7. The second kappa shape index (κ2) is 3.57. The van der Waals surface area contributed by atoms with Gasteiger partial charge in [0.15, 0.2) is 0 Å². The highest BCUT2D eigenvalue weighted by Crippen LogP contribution is 2.16. The molecule has 4 heteroatoms. The van der Waals surface area contributed by atoms with Crippen LogP contribution in [0.1, 0.15) is 19.3 Å². The summed E-state index contributed by atoms with van der Waals surface area (Å²) < 4.78 is 4.45. The van der Waals surface area contributed by atoms with Gasteiger partial charge in [0.25, 0.3) is 0 Å². The summed E-state index contributed by atoms with van der Waals surface area (Å²) in [4.78, 5) is 10.7. The van der Waals surface area contributed by atoms with Crippen molar-refractivity contribution in [1.82, 2.24) is 5.32 Å². The molecule has 0 aromatic carbocycles. The molecule has 0 aromatic rings. The van der Waals surface area contributed by atoms with E-state index in [4.69, 9.17) is 5.73 Å². The third kappa shape index (κ3) is 2.08.